The van der Waals surface area contributed by atoms with Crippen LogP contribution in [0.3, 0.4) is 0 Å². The number of carbonyl (C=O) groups is 1. The number of nitrogens with zero attached hydrogens (tertiary/aromatic N) is 2. The van der Waals surface area contributed by atoms with Crippen LogP contribution in [-0.2, 0) is 11.2 Å². The standard InChI is InChI=1S/C25H22N2OS/c1-18-13-15-19(16-14-18)24-22(26-25(29-24)20-9-5-3-6-10-20)17-23(28)27(2)21-11-7-4-8-12-21/h3-16H,17H2,1-2H3. The summed E-state index contributed by atoms with van der Waals surface area (Å²) >= 11 is 1.64. The normalized spacial score (nSPS) is 10.7. The number of carbonyl (C=O) groups excluding carboxylic acids is 1. The first kappa shape index (κ1) is 19.1. The zero-order valence-electron chi connectivity index (χ0n) is 16.5. The Morgan fingerprint density at radius 1 is 0.862 bits per heavy atom. The number of likely N-dealkylation sites (N-methyl/N-ethyl adjacent to an activating group) is 1. The fourth-order valence-corrected chi connectivity index (χ4v) is 4.26. The number of rotatable bonds is 5. The Kier molecular flexibility index (Phi) is 5.54. The van der Waals surface area contributed by atoms with Crippen molar-refractivity contribution in [2.45, 2.75) is 13.3 Å². The van der Waals surface area contributed by atoms with Crippen LogP contribution in [0, 0.1) is 6.92 Å². The van der Waals surface area contributed by atoms with Gasteiger partial charge in [0.25, 0.3) is 0 Å². The molecule has 0 aliphatic heterocycles. The topological polar surface area (TPSA) is 33.2 Å². The molecular formula is C25H22N2OS. The van der Waals surface area contributed by atoms with E-state index in [9.17, 15) is 4.79 Å². The van der Waals surface area contributed by atoms with Crippen LogP contribution in [0.4, 0.5) is 5.69 Å². The van der Waals surface area contributed by atoms with Gasteiger partial charge in [0.05, 0.1) is 17.0 Å². The first-order valence-corrected chi connectivity index (χ1v) is 10.4. The molecular weight excluding hydrogens is 376 g/mol. The number of hydrogen-bond donors (Lipinski definition) is 0. The summed E-state index contributed by atoms with van der Waals surface area (Å²) in [6.45, 7) is 2.07. The van der Waals surface area contributed by atoms with Crippen LogP contribution in [0.2, 0.25) is 0 Å². The van der Waals surface area contributed by atoms with Crippen molar-refractivity contribution < 1.29 is 4.79 Å². The van der Waals surface area contributed by atoms with Crippen molar-refractivity contribution in [3.8, 4) is 21.0 Å². The Labute approximate surface area is 175 Å². The van der Waals surface area contributed by atoms with E-state index in [0.717, 1.165) is 32.4 Å². The van der Waals surface area contributed by atoms with Gasteiger partial charge < -0.3 is 4.90 Å². The lowest BCUT2D eigenvalue weighted by molar-refractivity contribution is -0.117. The molecule has 0 unspecified atom stereocenters. The Balaban J connectivity index is 1.70. The minimum absolute atomic E-state index is 0.0227. The number of amides is 1. The van der Waals surface area contributed by atoms with Crippen molar-refractivity contribution in [2.24, 2.45) is 0 Å². The van der Waals surface area contributed by atoms with Gasteiger partial charge in [-0.3, -0.25) is 4.79 Å². The quantitative estimate of drug-likeness (QED) is 0.414. The third-order valence-corrected chi connectivity index (χ3v) is 6.06. The molecule has 0 bridgehead atoms. The summed E-state index contributed by atoms with van der Waals surface area (Å²) in [6, 6.07) is 28.2. The van der Waals surface area contributed by atoms with Gasteiger partial charge in [-0.05, 0) is 24.6 Å². The summed E-state index contributed by atoms with van der Waals surface area (Å²) in [5.74, 6) is 0.0227. The van der Waals surface area contributed by atoms with Crippen LogP contribution < -0.4 is 4.90 Å². The Morgan fingerprint density at radius 2 is 1.48 bits per heavy atom. The highest BCUT2D eigenvalue weighted by molar-refractivity contribution is 7.18. The van der Waals surface area contributed by atoms with Crippen molar-refractivity contribution in [1.82, 2.24) is 4.98 Å². The third-order valence-electron chi connectivity index (χ3n) is 4.87. The second-order valence-corrected chi connectivity index (χ2v) is 7.99. The van der Waals surface area contributed by atoms with Gasteiger partial charge >= 0.3 is 0 Å². The first-order valence-electron chi connectivity index (χ1n) is 9.55. The summed E-state index contributed by atoms with van der Waals surface area (Å²) in [4.78, 5) is 20.6. The van der Waals surface area contributed by atoms with Crippen LogP contribution in [-0.4, -0.2) is 17.9 Å². The number of aryl methyl sites for hydroxylation is 1. The van der Waals surface area contributed by atoms with Crippen molar-refractivity contribution in [3.63, 3.8) is 0 Å². The van der Waals surface area contributed by atoms with E-state index in [1.165, 1.54) is 5.56 Å². The maximum absolute atomic E-state index is 13.0. The minimum atomic E-state index is 0.0227. The van der Waals surface area contributed by atoms with E-state index in [4.69, 9.17) is 4.98 Å². The van der Waals surface area contributed by atoms with Crippen LogP contribution in [0.5, 0.6) is 0 Å². The number of anilines is 1. The molecule has 1 amide bonds. The molecule has 0 atom stereocenters. The predicted octanol–water partition coefficient (Wildman–Crippen LogP) is 5.99. The Hall–Kier alpha value is -3.24. The summed E-state index contributed by atoms with van der Waals surface area (Å²) in [5.41, 5.74) is 5.09. The van der Waals surface area contributed by atoms with Gasteiger partial charge in [0, 0.05) is 18.3 Å². The second-order valence-electron chi connectivity index (χ2n) is 6.99. The van der Waals surface area contributed by atoms with Gasteiger partial charge in [0.1, 0.15) is 5.01 Å². The summed E-state index contributed by atoms with van der Waals surface area (Å²) in [6.07, 6.45) is 0.262. The van der Waals surface area contributed by atoms with Gasteiger partial charge in [-0.2, -0.15) is 0 Å². The van der Waals surface area contributed by atoms with Crippen LogP contribution >= 0.6 is 11.3 Å². The molecule has 0 saturated carbocycles. The number of benzene rings is 3. The molecule has 4 heteroatoms. The van der Waals surface area contributed by atoms with E-state index in [1.54, 1.807) is 16.2 Å². The van der Waals surface area contributed by atoms with Crippen LogP contribution in [0.25, 0.3) is 21.0 Å². The predicted molar refractivity (Wildman–Crippen MR) is 121 cm³/mol. The molecule has 0 aliphatic rings. The fourth-order valence-electron chi connectivity index (χ4n) is 3.16. The molecule has 0 spiro atoms. The maximum atomic E-state index is 13.0. The van der Waals surface area contributed by atoms with E-state index in [2.05, 4.69) is 43.3 Å². The van der Waals surface area contributed by atoms with E-state index >= 15 is 0 Å². The first-order chi connectivity index (χ1) is 14.1. The molecule has 0 saturated heterocycles. The second kappa shape index (κ2) is 8.41. The zero-order valence-corrected chi connectivity index (χ0v) is 17.3. The SMILES string of the molecule is Cc1ccc(-c2sc(-c3ccccc3)nc2CC(=O)N(C)c2ccccc2)cc1. The highest BCUT2D eigenvalue weighted by Gasteiger charge is 2.19. The zero-order chi connectivity index (χ0) is 20.2. The van der Waals surface area contributed by atoms with Crippen molar-refractivity contribution in [3.05, 3.63) is 96.2 Å². The average Bonchev–Trinajstić information content (AvgIpc) is 3.18. The molecule has 0 N–H and O–H groups in total. The monoisotopic (exact) mass is 398 g/mol. The van der Waals surface area contributed by atoms with Gasteiger partial charge in [-0.25, -0.2) is 4.98 Å². The van der Waals surface area contributed by atoms with Gasteiger partial charge in [0.15, 0.2) is 0 Å². The maximum Gasteiger partial charge on any atom is 0.232 e. The molecule has 0 radical (unpaired) electrons. The van der Waals surface area contributed by atoms with E-state index < -0.39 is 0 Å². The Bertz CT molecular complexity index is 1100. The molecule has 3 nitrogen and oxygen atoms in total. The smallest absolute Gasteiger partial charge is 0.232 e. The lowest BCUT2D eigenvalue weighted by atomic mass is 10.1. The number of para-hydroxylation sites is 1. The molecule has 0 aliphatic carbocycles. The molecule has 4 rings (SSSR count). The molecule has 0 fully saturated rings. The van der Waals surface area contributed by atoms with Crippen molar-refractivity contribution in [2.75, 3.05) is 11.9 Å². The molecule has 3 aromatic carbocycles. The van der Waals surface area contributed by atoms with E-state index in [0.29, 0.717) is 0 Å². The molecule has 1 aromatic heterocycles. The summed E-state index contributed by atoms with van der Waals surface area (Å²) < 4.78 is 0. The highest BCUT2D eigenvalue weighted by Crippen LogP contribution is 2.36. The van der Waals surface area contributed by atoms with E-state index in [1.807, 2.05) is 55.6 Å². The summed E-state index contributed by atoms with van der Waals surface area (Å²) in [5, 5.41) is 0.936. The molecule has 29 heavy (non-hydrogen) atoms. The lowest BCUT2D eigenvalue weighted by Crippen LogP contribution is -2.28. The van der Waals surface area contributed by atoms with E-state index in [-0.39, 0.29) is 12.3 Å². The molecule has 144 valence electrons. The fraction of sp³-hybridized carbons (Fsp3) is 0.120. The van der Waals surface area contributed by atoms with Crippen LogP contribution in [0.15, 0.2) is 84.9 Å². The van der Waals surface area contributed by atoms with Crippen molar-refractivity contribution in [1.29, 1.82) is 0 Å². The molecule has 4 aromatic rings. The molecule has 1 heterocycles. The number of hydrogen-bond acceptors (Lipinski definition) is 3. The Morgan fingerprint density at radius 3 is 2.14 bits per heavy atom. The number of aromatic nitrogens is 1. The average molecular weight is 399 g/mol. The van der Waals surface area contributed by atoms with Gasteiger partial charge in [0.2, 0.25) is 5.91 Å². The van der Waals surface area contributed by atoms with Gasteiger partial charge in [-0.1, -0.05) is 78.4 Å². The number of thiazole rings is 1. The van der Waals surface area contributed by atoms with Crippen LogP contribution in [0.1, 0.15) is 11.3 Å². The highest BCUT2D eigenvalue weighted by atomic mass is 32.1. The summed E-state index contributed by atoms with van der Waals surface area (Å²) in [7, 11) is 1.81. The van der Waals surface area contributed by atoms with Crippen molar-refractivity contribution >= 4 is 22.9 Å². The third kappa shape index (κ3) is 4.28. The minimum Gasteiger partial charge on any atom is -0.315 e. The lowest BCUT2D eigenvalue weighted by Gasteiger charge is -2.17. The van der Waals surface area contributed by atoms with Gasteiger partial charge in [-0.15, -0.1) is 11.3 Å². The largest absolute Gasteiger partial charge is 0.315 e.